The highest BCUT2D eigenvalue weighted by Crippen LogP contribution is 2.23. The van der Waals surface area contributed by atoms with Crippen LogP contribution in [0.1, 0.15) is 12.7 Å². The molecule has 11 heteroatoms. The Balaban J connectivity index is 1.52. The molecule has 1 aromatic rings. The van der Waals surface area contributed by atoms with Crippen LogP contribution in [0.2, 0.25) is 0 Å². The van der Waals surface area contributed by atoms with Crippen LogP contribution in [0.15, 0.2) is 40.1 Å². The number of amidine groups is 1. The van der Waals surface area contributed by atoms with E-state index in [-0.39, 0.29) is 12.5 Å². The van der Waals surface area contributed by atoms with Crippen molar-refractivity contribution in [3.63, 3.8) is 0 Å². The number of fused-ring (bicyclic) bond motifs is 1. The van der Waals surface area contributed by atoms with Crippen LogP contribution in [-0.2, 0) is 20.9 Å². The van der Waals surface area contributed by atoms with Gasteiger partial charge in [-0.3, -0.25) is 24.2 Å². The number of rotatable bonds is 4. The number of urea groups is 1. The largest absolute Gasteiger partial charge is 0.467 e. The molecule has 5 amide bonds. The molecular formula is C21H25N6O5+. The molecule has 3 aliphatic rings. The van der Waals surface area contributed by atoms with Crippen LogP contribution in [0.3, 0.4) is 0 Å². The van der Waals surface area contributed by atoms with Gasteiger partial charge in [-0.05, 0) is 12.1 Å². The molecule has 168 valence electrons. The molecular weight excluding hydrogens is 416 g/mol. The maximum atomic E-state index is 13.4. The molecule has 1 N–H and O–H groups in total. The number of carbonyl (C=O) groups is 4. The monoisotopic (exact) mass is 441 g/mol. The smallest absolute Gasteiger partial charge is 0.332 e. The van der Waals surface area contributed by atoms with E-state index in [2.05, 4.69) is 10.3 Å². The van der Waals surface area contributed by atoms with Crippen molar-refractivity contribution in [2.75, 3.05) is 39.8 Å². The molecule has 1 unspecified atom stereocenters. The first kappa shape index (κ1) is 21.5. The van der Waals surface area contributed by atoms with Crippen LogP contribution < -0.4 is 5.32 Å². The van der Waals surface area contributed by atoms with Gasteiger partial charge in [-0.25, -0.2) is 14.4 Å². The third kappa shape index (κ3) is 4.05. The summed E-state index contributed by atoms with van der Waals surface area (Å²) in [6.07, 6.45) is 4.83. The second-order valence-corrected chi connectivity index (χ2v) is 7.78. The molecule has 0 aliphatic carbocycles. The third-order valence-electron chi connectivity index (χ3n) is 5.81. The van der Waals surface area contributed by atoms with Crippen LogP contribution in [0.4, 0.5) is 4.79 Å². The second kappa shape index (κ2) is 8.77. The molecule has 11 nitrogen and oxygen atoms in total. The molecule has 32 heavy (non-hydrogen) atoms. The minimum absolute atomic E-state index is 0.0156. The van der Waals surface area contributed by atoms with E-state index in [0.717, 1.165) is 4.90 Å². The Kier molecular flexibility index (Phi) is 5.89. The van der Waals surface area contributed by atoms with Gasteiger partial charge in [0.1, 0.15) is 18.1 Å². The lowest BCUT2D eigenvalue weighted by Gasteiger charge is -2.37. The highest BCUT2D eigenvalue weighted by molar-refractivity contribution is 6.31. The number of aliphatic imine (C=N–C) groups is 1. The molecule has 3 aliphatic heterocycles. The maximum Gasteiger partial charge on any atom is 0.332 e. The Bertz CT molecular complexity index is 1030. The number of nitrogens with one attached hydrogen (secondary N) is 1. The van der Waals surface area contributed by atoms with Gasteiger partial charge in [-0.15, -0.1) is 0 Å². The summed E-state index contributed by atoms with van der Waals surface area (Å²) in [4.78, 5) is 58.5. The van der Waals surface area contributed by atoms with Gasteiger partial charge in [0, 0.05) is 26.2 Å². The van der Waals surface area contributed by atoms with Crippen molar-refractivity contribution < 1.29 is 28.2 Å². The molecule has 2 saturated heterocycles. The number of furan rings is 1. The predicted octanol–water partition coefficient (Wildman–Crippen LogP) is -0.353. The molecule has 1 atom stereocenters. The minimum atomic E-state index is -0.788. The Morgan fingerprint density at radius 2 is 2.03 bits per heavy atom. The molecule has 0 radical (unpaired) electrons. The van der Waals surface area contributed by atoms with Crippen molar-refractivity contribution in [2.24, 2.45) is 10.9 Å². The highest BCUT2D eigenvalue weighted by atomic mass is 16.3. The van der Waals surface area contributed by atoms with E-state index in [0.29, 0.717) is 43.5 Å². The minimum Gasteiger partial charge on any atom is -0.467 e. The van der Waals surface area contributed by atoms with Gasteiger partial charge in [0.05, 0.1) is 25.9 Å². The topological polar surface area (TPSA) is 119 Å². The molecule has 4 heterocycles. The van der Waals surface area contributed by atoms with E-state index in [1.165, 1.54) is 18.1 Å². The summed E-state index contributed by atoms with van der Waals surface area (Å²) >= 11 is 0. The Hall–Kier alpha value is -3.76. The molecule has 0 bridgehead atoms. The Labute approximate surface area is 184 Å². The van der Waals surface area contributed by atoms with E-state index in [1.807, 2.05) is 4.58 Å². The SMILES string of the molecule is CC(=O)N1CC[N+](=C2C=CN=C3C2C(=O)N(CC(=O)NCc2ccco2)C(=O)N3C)CC1. The average molecular weight is 441 g/mol. The molecule has 4 rings (SSSR count). The van der Waals surface area contributed by atoms with Gasteiger partial charge in [0.2, 0.25) is 11.8 Å². The summed E-state index contributed by atoms with van der Waals surface area (Å²) in [5.74, 6) is -0.836. The van der Waals surface area contributed by atoms with E-state index in [1.54, 1.807) is 36.4 Å². The van der Waals surface area contributed by atoms with Crippen LogP contribution in [0, 0.1) is 5.92 Å². The normalized spacial score (nSPS) is 21.0. The lowest BCUT2D eigenvalue weighted by molar-refractivity contribution is -0.538. The van der Waals surface area contributed by atoms with Crippen molar-refractivity contribution in [2.45, 2.75) is 13.5 Å². The third-order valence-corrected chi connectivity index (χ3v) is 5.81. The summed E-state index contributed by atoms with van der Waals surface area (Å²) in [5.41, 5.74) is 0.712. The number of imide groups is 1. The average Bonchev–Trinajstić information content (AvgIpc) is 3.32. The molecule has 0 aromatic carbocycles. The highest BCUT2D eigenvalue weighted by Gasteiger charge is 2.49. The first-order valence-electron chi connectivity index (χ1n) is 10.4. The van der Waals surface area contributed by atoms with Crippen LogP contribution in [0.5, 0.6) is 0 Å². The van der Waals surface area contributed by atoms with Crippen molar-refractivity contribution >= 4 is 35.3 Å². The zero-order valence-electron chi connectivity index (χ0n) is 18.0. The summed E-state index contributed by atoms with van der Waals surface area (Å²) < 4.78 is 7.21. The van der Waals surface area contributed by atoms with Crippen LogP contribution in [-0.4, -0.2) is 94.3 Å². The summed E-state index contributed by atoms with van der Waals surface area (Å²) in [5, 5.41) is 2.65. The van der Waals surface area contributed by atoms with Gasteiger partial charge in [0.15, 0.2) is 24.7 Å². The predicted molar refractivity (Wildman–Crippen MR) is 113 cm³/mol. The lowest BCUT2D eigenvalue weighted by atomic mass is 9.94. The van der Waals surface area contributed by atoms with Gasteiger partial charge in [-0.1, -0.05) is 0 Å². The lowest BCUT2D eigenvalue weighted by Crippen LogP contribution is -2.63. The first-order valence-corrected chi connectivity index (χ1v) is 10.4. The van der Waals surface area contributed by atoms with Crippen LogP contribution >= 0.6 is 0 Å². The Morgan fingerprint density at radius 3 is 2.69 bits per heavy atom. The summed E-state index contributed by atoms with van der Waals surface area (Å²) in [6.45, 7) is 3.53. The fraction of sp³-hybridized carbons (Fsp3) is 0.429. The molecule has 0 saturated carbocycles. The first-order chi connectivity index (χ1) is 15.4. The van der Waals surface area contributed by atoms with Gasteiger partial charge < -0.3 is 14.6 Å². The van der Waals surface area contributed by atoms with E-state index < -0.39 is 30.3 Å². The van der Waals surface area contributed by atoms with E-state index in [9.17, 15) is 19.2 Å². The van der Waals surface area contributed by atoms with Gasteiger partial charge in [0.25, 0.3) is 5.91 Å². The van der Waals surface area contributed by atoms with Crippen molar-refractivity contribution in [1.29, 1.82) is 0 Å². The van der Waals surface area contributed by atoms with Crippen molar-refractivity contribution in [3.8, 4) is 0 Å². The molecule has 2 fully saturated rings. The number of hydrogen-bond acceptors (Lipinski definition) is 6. The van der Waals surface area contributed by atoms with Crippen molar-refractivity contribution in [3.05, 3.63) is 36.4 Å². The zero-order chi connectivity index (χ0) is 22.8. The number of allylic oxidation sites excluding steroid dienone is 1. The number of hydrogen-bond donors (Lipinski definition) is 1. The van der Waals surface area contributed by atoms with Gasteiger partial charge in [-0.2, -0.15) is 0 Å². The Morgan fingerprint density at radius 1 is 1.28 bits per heavy atom. The summed E-state index contributed by atoms with van der Waals surface area (Å²) in [7, 11) is 1.54. The number of carbonyl (C=O) groups excluding carboxylic acids is 4. The van der Waals surface area contributed by atoms with Crippen molar-refractivity contribution in [1.82, 2.24) is 20.0 Å². The van der Waals surface area contributed by atoms with E-state index in [4.69, 9.17) is 4.42 Å². The molecule has 0 spiro atoms. The number of piperazine rings is 1. The van der Waals surface area contributed by atoms with E-state index >= 15 is 0 Å². The molecule has 1 aromatic heterocycles. The quantitative estimate of drug-likeness (QED) is 0.641. The number of nitrogens with zero attached hydrogens (tertiary/aromatic N) is 5. The van der Waals surface area contributed by atoms with Gasteiger partial charge >= 0.3 is 6.03 Å². The standard InChI is InChI=1S/C21H24N6O5/c1-14(28)25-7-9-26(10-8-25)16-5-6-22-19-18(16)20(30)27(21(31)24(19)2)13-17(29)23-12-15-4-3-11-32-15/h3-6,11,18H,7-10,12-13H2,1-2H3/p+1. The maximum absolute atomic E-state index is 13.4. The zero-order valence-corrected chi connectivity index (χ0v) is 18.0. The number of amides is 5. The van der Waals surface area contributed by atoms with Crippen LogP contribution in [0.25, 0.3) is 0 Å². The second-order valence-electron chi connectivity index (χ2n) is 7.78. The fourth-order valence-corrected chi connectivity index (χ4v) is 4.05. The fourth-order valence-electron chi connectivity index (χ4n) is 4.05. The summed E-state index contributed by atoms with van der Waals surface area (Å²) in [6, 6.07) is 2.82.